The van der Waals surface area contributed by atoms with E-state index in [9.17, 15) is 13.2 Å². The number of rotatable bonds is 4. The number of nitrogens with one attached hydrogen (secondary N) is 1. The fourth-order valence-electron chi connectivity index (χ4n) is 2.77. The van der Waals surface area contributed by atoms with Crippen LogP contribution in [-0.4, -0.2) is 26.7 Å². The number of anilines is 2. The lowest BCUT2D eigenvalue weighted by molar-refractivity contribution is 0.102. The molecule has 0 atom stereocenters. The minimum atomic E-state index is -3.81. The zero-order valence-electron chi connectivity index (χ0n) is 14.4. The average Bonchev–Trinajstić information content (AvgIpc) is 2.60. The van der Waals surface area contributed by atoms with Crippen LogP contribution in [0.5, 0.6) is 0 Å². The Morgan fingerprint density at radius 1 is 1.19 bits per heavy atom. The van der Waals surface area contributed by atoms with Crippen LogP contribution < -0.4 is 10.2 Å². The first-order valence-corrected chi connectivity index (χ1v) is 10.6. The van der Waals surface area contributed by atoms with E-state index < -0.39 is 10.0 Å². The quantitative estimate of drug-likeness (QED) is 0.670. The Balaban J connectivity index is 1.95. The number of benzene rings is 2. The third kappa shape index (κ3) is 3.75. The first-order chi connectivity index (χ1) is 12.3. The van der Waals surface area contributed by atoms with E-state index in [0.717, 1.165) is 9.99 Å². The van der Waals surface area contributed by atoms with Gasteiger partial charge in [0.1, 0.15) is 10.7 Å². The number of amides is 1. The smallest absolute Gasteiger partial charge is 0.286 e. The van der Waals surface area contributed by atoms with E-state index >= 15 is 0 Å². The van der Waals surface area contributed by atoms with Crippen molar-refractivity contribution in [3.63, 3.8) is 0 Å². The van der Waals surface area contributed by atoms with Crippen LogP contribution in [0, 0.1) is 3.57 Å². The van der Waals surface area contributed by atoms with Crippen LogP contribution in [0.2, 0.25) is 0 Å². The maximum Gasteiger partial charge on any atom is 0.286 e. The molecule has 0 fully saturated rings. The summed E-state index contributed by atoms with van der Waals surface area (Å²) in [6.45, 7) is 4.35. The number of hydrogen-bond donors (Lipinski definition) is 1. The largest absolute Gasteiger partial charge is 0.328 e. The van der Waals surface area contributed by atoms with Gasteiger partial charge in [-0.3, -0.25) is 4.79 Å². The van der Waals surface area contributed by atoms with Gasteiger partial charge < -0.3 is 10.2 Å². The lowest BCUT2D eigenvalue weighted by Crippen LogP contribution is -2.34. The van der Waals surface area contributed by atoms with Gasteiger partial charge in [0, 0.05) is 21.4 Å². The molecule has 0 bridgehead atoms. The summed E-state index contributed by atoms with van der Waals surface area (Å²) in [6, 6.07) is 12.1. The highest BCUT2D eigenvalue weighted by molar-refractivity contribution is 14.1. The van der Waals surface area contributed by atoms with E-state index in [4.69, 9.17) is 0 Å². The molecule has 0 unspecified atom stereocenters. The van der Waals surface area contributed by atoms with Gasteiger partial charge in [-0.1, -0.05) is 6.92 Å². The first kappa shape index (κ1) is 18.8. The van der Waals surface area contributed by atoms with Crippen molar-refractivity contribution in [2.75, 3.05) is 16.8 Å². The zero-order valence-corrected chi connectivity index (χ0v) is 17.3. The normalized spacial score (nSPS) is 15.2. The second-order valence-electron chi connectivity index (χ2n) is 5.91. The fraction of sp³-hybridized carbons (Fsp3) is 0.222. The molecule has 1 N–H and O–H groups in total. The number of sulfonamides is 1. The third-order valence-corrected chi connectivity index (χ3v) is 6.09. The molecular weight excluding hydrogens is 465 g/mol. The Bertz CT molecular complexity index is 985. The second kappa shape index (κ2) is 7.36. The van der Waals surface area contributed by atoms with E-state index in [-0.39, 0.29) is 16.4 Å². The summed E-state index contributed by atoms with van der Waals surface area (Å²) in [5, 5.41) is 2.78. The van der Waals surface area contributed by atoms with Crippen molar-refractivity contribution in [3.8, 4) is 0 Å². The summed E-state index contributed by atoms with van der Waals surface area (Å²) in [4.78, 5) is 14.4. The van der Waals surface area contributed by atoms with Crippen molar-refractivity contribution in [2.24, 2.45) is 4.40 Å². The van der Waals surface area contributed by atoms with E-state index in [2.05, 4.69) is 32.3 Å². The summed E-state index contributed by atoms with van der Waals surface area (Å²) in [5.74, 6) is 0.0768. The highest BCUT2D eigenvalue weighted by Crippen LogP contribution is 2.32. The molecule has 0 aromatic heterocycles. The maximum absolute atomic E-state index is 12.5. The summed E-state index contributed by atoms with van der Waals surface area (Å²) in [6.07, 6.45) is 0.849. The van der Waals surface area contributed by atoms with E-state index in [1.54, 1.807) is 31.2 Å². The van der Waals surface area contributed by atoms with Crippen molar-refractivity contribution < 1.29 is 13.2 Å². The van der Waals surface area contributed by atoms with Gasteiger partial charge in [-0.15, -0.1) is 4.40 Å². The van der Waals surface area contributed by atoms with E-state index in [1.807, 2.05) is 24.0 Å². The van der Waals surface area contributed by atoms with Gasteiger partial charge in [0.15, 0.2) is 0 Å². The molecule has 26 heavy (non-hydrogen) atoms. The summed E-state index contributed by atoms with van der Waals surface area (Å²) in [7, 11) is -3.81. The van der Waals surface area contributed by atoms with Crippen LogP contribution in [0.4, 0.5) is 11.4 Å². The third-order valence-electron chi connectivity index (χ3n) is 3.98. The van der Waals surface area contributed by atoms with Gasteiger partial charge >= 0.3 is 0 Å². The fourth-order valence-corrected chi connectivity index (χ4v) is 4.40. The van der Waals surface area contributed by atoms with Gasteiger partial charge in [0.05, 0.1) is 5.69 Å². The van der Waals surface area contributed by atoms with Crippen LogP contribution in [0.15, 0.2) is 51.8 Å². The molecule has 1 aliphatic heterocycles. The standard InChI is InChI=1S/C18H18IN3O3S/c1-3-10-22-12(2)21-26(24,25)17-11-13(4-9-16(17)22)18(23)20-15-7-5-14(19)6-8-15/h4-9,11H,3,10H2,1-2H3,(H,20,23). The molecule has 0 radical (unpaired) electrons. The molecule has 1 aliphatic rings. The van der Waals surface area contributed by atoms with Crippen LogP contribution in [-0.2, 0) is 10.0 Å². The Kier molecular flexibility index (Phi) is 5.33. The van der Waals surface area contributed by atoms with Gasteiger partial charge in [-0.2, -0.15) is 8.42 Å². The number of fused-ring (bicyclic) bond motifs is 1. The first-order valence-electron chi connectivity index (χ1n) is 8.12. The SMILES string of the molecule is CCCN1C(C)=NS(=O)(=O)c2cc(C(=O)Nc3ccc(I)cc3)ccc21. The number of carbonyl (C=O) groups is 1. The van der Waals surface area contributed by atoms with Crippen molar-refractivity contribution >= 4 is 55.7 Å². The molecular formula is C18H18IN3O3S. The number of nitrogens with zero attached hydrogens (tertiary/aromatic N) is 2. The van der Waals surface area contributed by atoms with Crippen LogP contribution >= 0.6 is 22.6 Å². The lowest BCUT2D eigenvalue weighted by Gasteiger charge is -2.29. The van der Waals surface area contributed by atoms with Gasteiger partial charge in [-0.25, -0.2) is 0 Å². The van der Waals surface area contributed by atoms with Crippen molar-refractivity contribution in [2.45, 2.75) is 25.2 Å². The number of halogens is 1. The number of hydrogen-bond acceptors (Lipinski definition) is 4. The van der Waals surface area contributed by atoms with E-state index in [0.29, 0.717) is 23.8 Å². The molecule has 1 heterocycles. The van der Waals surface area contributed by atoms with Crippen LogP contribution in [0.1, 0.15) is 30.6 Å². The summed E-state index contributed by atoms with van der Waals surface area (Å²) >= 11 is 2.18. The number of amidine groups is 1. The molecule has 3 rings (SSSR count). The minimum absolute atomic E-state index is 0.0619. The van der Waals surface area contributed by atoms with Crippen LogP contribution in [0.3, 0.4) is 0 Å². The average molecular weight is 483 g/mol. The number of carbonyl (C=O) groups excluding carboxylic acids is 1. The maximum atomic E-state index is 12.5. The van der Waals surface area contributed by atoms with Gasteiger partial charge in [-0.05, 0) is 78.4 Å². The van der Waals surface area contributed by atoms with Gasteiger partial charge in [0.25, 0.3) is 15.9 Å². The molecule has 8 heteroatoms. The van der Waals surface area contributed by atoms with Crippen molar-refractivity contribution in [1.82, 2.24) is 0 Å². The van der Waals surface area contributed by atoms with Crippen LogP contribution in [0.25, 0.3) is 0 Å². The molecule has 136 valence electrons. The van der Waals surface area contributed by atoms with Crippen molar-refractivity contribution in [3.05, 3.63) is 51.6 Å². The molecule has 0 saturated heterocycles. The van der Waals surface area contributed by atoms with Gasteiger partial charge in [0.2, 0.25) is 0 Å². The molecule has 1 amide bonds. The predicted molar refractivity (Wildman–Crippen MR) is 111 cm³/mol. The van der Waals surface area contributed by atoms with E-state index in [1.165, 1.54) is 6.07 Å². The molecule has 6 nitrogen and oxygen atoms in total. The summed E-state index contributed by atoms with van der Waals surface area (Å²) in [5.41, 5.74) is 1.49. The minimum Gasteiger partial charge on any atom is -0.328 e. The Labute approximate surface area is 166 Å². The highest BCUT2D eigenvalue weighted by Gasteiger charge is 2.29. The summed E-state index contributed by atoms with van der Waals surface area (Å²) < 4.78 is 29.8. The topological polar surface area (TPSA) is 78.8 Å². The molecule has 0 spiro atoms. The predicted octanol–water partition coefficient (Wildman–Crippen LogP) is 3.88. The molecule has 0 aliphatic carbocycles. The Morgan fingerprint density at radius 2 is 1.88 bits per heavy atom. The molecule has 0 saturated carbocycles. The Hall–Kier alpha value is -1.94. The van der Waals surface area contributed by atoms with Crippen molar-refractivity contribution in [1.29, 1.82) is 0 Å². The monoisotopic (exact) mass is 483 g/mol. The highest BCUT2D eigenvalue weighted by atomic mass is 127. The second-order valence-corrected chi connectivity index (χ2v) is 8.73. The molecule has 2 aromatic carbocycles. The Morgan fingerprint density at radius 3 is 2.54 bits per heavy atom. The lowest BCUT2D eigenvalue weighted by atomic mass is 10.1. The molecule has 2 aromatic rings. The zero-order chi connectivity index (χ0) is 18.9.